The number of carbonyl (C=O) groups is 4. The molecule has 1 saturated heterocycles. The highest BCUT2D eigenvalue weighted by Gasteiger charge is 2.42. The van der Waals surface area contributed by atoms with Crippen LogP contribution >= 0.6 is 0 Å². The average molecular weight is 680 g/mol. The number of rotatable bonds is 4. The SMILES string of the molecule is COc1c(O)c2c(c3cc(C(=O)N4CCc5c4c(O)c(OC)c4[nH]c(C(=O)N6CCC7C6=CC(=O)C6=C7CCN6)cc54)[nH]c13)CCN2C(N)=O. The van der Waals surface area contributed by atoms with E-state index in [1.54, 1.807) is 23.1 Å². The van der Waals surface area contributed by atoms with E-state index in [-0.39, 0.29) is 76.5 Å². The molecular formula is C35H33N7O8. The predicted molar refractivity (Wildman–Crippen MR) is 181 cm³/mol. The Morgan fingerprint density at radius 3 is 1.96 bits per heavy atom. The molecule has 0 saturated carbocycles. The number of phenolic OH excluding ortho intramolecular Hbond substituents is 2. The molecule has 1 aliphatic carbocycles. The third-order valence-corrected chi connectivity index (χ3v) is 10.8. The number of anilines is 2. The van der Waals surface area contributed by atoms with Crippen molar-refractivity contribution < 1.29 is 38.9 Å². The Labute approximate surface area is 283 Å². The molecule has 15 nitrogen and oxygen atoms in total. The molecule has 0 radical (unpaired) electrons. The normalized spacial score (nSPS) is 19.2. The molecule has 2 aromatic heterocycles. The number of urea groups is 1. The van der Waals surface area contributed by atoms with Crippen LogP contribution in [0.25, 0.3) is 21.8 Å². The molecule has 4 aromatic rings. The minimum atomic E-state index is -0.713. The Bertz CT molecular complexity index is 2330. The number of fused-ring (bicyclic) bond motifs is 8. The third kappa shape index (κ3) is 3.85. The molecule has 0 spiro atoms. The fourth-order valence-electron chi connectivity index (χ4n) is 8.67. The number of amides is 4. The minimum Gasteiger partial charge on any atom is -0.503 e. The lowest BCUT2D eigenvalue weighted by Crippen LogP contribution is -2.34. The van der Waals surface area contributed by atoms with Crippen LogP contribution in [0, 0.1) is 5.92 Å². The number of H-pyrrole nitrogens is 2. The Hall–Kier alpha value is -6.12. The number of carbonyl (C=O) groups excluding carboxylic acids is 4. The highest BCUT2D eigenvalue weighted by molar-refractivity contribution is 6.15. The molecule has 6 heterocycles. The van der Waals surface area contributed by atoms with Crippen LogP contribution < -0.4 is 30.3 Å². The minimum absolute atomic E-state index is 0.0187. The summed E-state index contributed by atoms with van der Waals surface area (Å²) >= 11 is 0. The third-order valence-electron chi connectivity index (χ3n) is 10.8. The molecule has 4 aliphatic heterocycles. The predicted octanol–water partition coefficient (Wildman–Crippen LogP) is 2.90. The lowest BCUT2D eigenvalue weighted by Gasteiger charge is -2.24. The number of hydrogen-bond acceptors (Lipinski definition) is 9. The van der Waals surface area contributed by atoms with Gasteiger partial charge >= 0.3 is 6.03 Å². The van der Waals surface area contributed by atoms with Crippen LogP contribution in [0.1, 0.15) is 44.9 Å². The maximum absolute atomic E-state index is 14.2. The second kappa shape index (κ2) is 10.4. The molecule has 4 amide bonds. The van der Waals surface area contributed by atoms with E-state index >= 15 is 0 Å². The number of allylic oxidation sites excluding steroid dienone is 2. The van der Waals surface area contributed by atoms with E-state index in [2.05, 4.69) is 15.3 Å². The standard InChI is InChI=1S/C35H33N7O8/c1-49-31-25-18(11-20(38-25)33(46)40-8-4-14-15-3-7-37-24(15)23(43)13-22(14)40)16-5-9-41(27(16)29(31)44)34(47)21-12-19-17-6-10-42(35(36)48)28(17)30(45)32(50-2)26(19)39-21/h11-14,37-39,44-45H,3-10H2,1-2H3,(H2,36,48). The molecule has 15 heteroatoms. The number of ether oxygens (including phenoxy) is 2. The van der Waals surface area contributed by atoms with Gasteiger partial charge in [-0.1, -0.05) is 0 Å². The molecule has 256 valence electrons. The maximum Gasteiger partial charge on any atom is 0.319 e. The van der Waals surface area contributed by atoms with Gasteiger partial charge in [0.1, 0.15) is 11.4 Å². The summed E-state index contributed by atoms with van der Waals surface area (Å²) in [5.41, 5.74) is 11.1. The van der Waals surface area contributed by atoms with Crippen molar-refractivity contribution in [3.8, 4) is 23.0 Å². The topological polar surface area (TPSA) is 207 Å². The van der Waals surface area contributed by atoms with Crippen LogP contribution in [0.4, 0.5) is 16.2 Å². The number of nitrogens with zero attached hydrogens (tertiary/aromatic N) is 3. The van der Waals surface area contributed by atoms with Crippen molar-refractivity contribution in [3.05, 3.63) is 57.7 Å². The number of ketones is 1. The number of phenols is 2. The molecule has 1 atom stereocenters. The van der Waals surface area contributed by atoms with Gasteiger partial charge in [0.25, 0.3) is 11.8 Å². The first-order valence-electron chi connectivity index (χ1n) is 16.4. The molecule has 2 aromatic carbocycles. The summed E-state index contributed by atoms with van der Waals surface area (Å²) in [6, 6.07) is 2.65. The molecule has 9 rings (SSSR count). The summed E-state index contributed by atoms with van der Waals surface area (Å²) in [5.74, 6) is -1.19. The number of hydrogen-bond donors (Lipinski definition) is 6. The molecule has 5 aliphatic rings. The maximum atomic E-state index is 14.2. The van der Waals surface area contributed by atoms with E-state index in [9.17, 15) is 29.4 Å². The van der Waals surface area contributed by atoms with Crippen LogP contribution in [0.5, 0.6) is 23.0 Å². The number of aromatic hydroxyl groups is 2. The van der Waals surface area contributed by atoms with E-state index in [1.165, 1.54) is 24.0 Å². The highest BCUT2D eigenvalue weighted by atomic mass is 16.5. The molecule has 7 N–H and O–H groups in total. The van der Waals surface area contributed by atoms with Crippen molar-refractivity contribution in [2.24, 2.45) is 11.7 Å². The summed E-state index contributed by atoms with van der Waals surface area (Å²) in [7, 11) is 2.78. The van der Waals surface area contributed by atoms with E-state index in [1.807, 2.05) is 0 Å². The molecule has 1 unspecified atom stereocenters. The van der Waals surface area contributed by atoms with Gasteiger partial charge in [-0.2, -0.15) is 0 Å². The number of nitrogens with one attached hydrogen (secondary N) is 3. The largest absolute Gasteiger partial charge is 0.503 e. The second-order valence-electron chi connectivity index (χ2n) is 13.1. The Morgan fingerprint density at radius 2 is 1.38 bits per heavy atom. The highest BCUT2D eigenvalue weighted by Crippen LogP contribution is 2.52. The van der Waals surface area contributed by atoms with Crippen molar-refractivity contribution in [1.29, 1.82) is 0 Å². The molecule has 1 fully saturated rings. The first-order valence-corrected chi connectivity index (χ1v) is 16.4. The molecule has 50 heavy (non-hydrogen) atoms. The first-order chi connectivity index (χ1) is 24.1. The van der Waals surface area contributed by atoms with E-state index in [0.29, 0.717) is 70.3 Å². The van der Waals surface area contributed by atoms with Gasteiger partial charge in [0.2, 0.25) is 5.78 Å². The van der Waals surface area contributed by atoms with Gasteiger partial charge < -0.3 is 50.5 Å². The monoisotopic (exact) mass is 679 g/mol. The number of nitrogens with two attached hydrogens (primary N) is 1. The Kier molecular flexibility index (Phi) is 6.26. The first kappa shape index (κ1) is 30.0. The number of aromatic nitrogens is 2. The van der Waals surface area contributed by atoms with E-state index < -0.39 is 11.9 Å². The molecule has 0 bridgehead atoms. The summed E-state index contributed by atoms with van der Waals surface area (Å²) in [4.78, 5) is 63.8. The van der Waals surface area contributed by atoms with Gasteiger partial charge in [0.05, 0.1) is 42.3 Å². The van der Waals surface area contributed by atoms with Gasteiger partial charge in [0.15, 0.2) is 23.0 Å². The lowest BCUT2D eigenvalue weighted by molar-refractivity contribution is -0.111. The summed E-state index contributed by atoms with van der Waals surface area (Å²) in [6.07, 6.45) is 3.87. The zero-order valence-electron chi connectivity index (χ0n) is 27.2. The van der Waals surface area contributed by atoms with Gasteiger partial charge in [-0.3, -0.25) is 19.3 Å². The Balaban J connectivity index is 1.09. The van der Waals surface area contributed by atoms with Crippen LogP contribution in [0.2, 0.25) is 0 Å². The fraction of sp³-hybridized carbons (Fsp3) is 0.314. The van der Waals surface area contributed by atoms with Crippen molar-refractivity contribution in [2.45, 2.75) is 25.7 Å². The summed E-state index contributed by atoms with van der Waals surface area (Å²) in [5, 5.41) is 27.0. The Morgan fingerprint density at radius 1 is 0.820 bits per heavy atom. The zero-order valence-corrected chi connectivity index (χ0v) is 27.2. The van der Waals surface area contributed by atoms with Gasteiger partial charge in [-0.25, -0.2) is 4.79 Å². The second-order valence-corrected chi connectivity index (χ2v) is 13.1. The summed E-state index contributed by atoms with van der Waals surface area (Å²) in [6.45, 7) is 1.68. The van der Waals surface area contributed by atoms with E-state index in [4.69, 9.17) is 15.2 Å². The van der Waals surface area contributed by atoms with Crippen LogP contribution in [-0.2, 0) is 17.6 Å². The summed E-state index contributed by atoms with van der Waals surface area (Å²) < 4.78 is 11.1. The van der Waals surface area contributed by atoms with Crippen molar-refractivity contribution in [1.82, 2.24) is 20.2 Å². The fourth-order valence-corrected chi connectivity index (χ4v) is 8.67. The number of likely N-dealkylation sites (tertiary alicyclic amines) is 1. The van der Waals surface area contributed by atoms with Crippen molar-refractivity contribution in [2.75, 3.05) is 50.2 Å². The van der Waals surface area contributed by atoms with Crippen molar-refractivity contribution in [3.63, 3.8) is 0 Å². The number of methoxy groups -OCH3 is 2. The molecular weight excluding hydrogens is 646 g/mol. The number of benzene rings is 2. The van der Waals surface area contributed by atoms with Crippen LogP contribution in [0.15, 0.2) is 35.2 Å². The average Bonchev–Trinajstić information content (AvgIpc) is 3.94. The van der Waals surface area contributed by atoms with E-state index in [0.717, 1.165) is 18.4 Å². The van der Waals surface area contributed by atoms with Gasteiger partial charge in [0, 0.05) is 54.6 Å². The zero-order chi connectivity index (χ0) is 34.7. The number of primary amides is 1. The van der Waals surface area contributed by atoms with Gasteiger partial charge in [-0.05, 0) is 54.5 Å². The van der Waals surface area contributed by atoms with Crippen LogP contribution in [-0.4, -0.2) is 89.1 Å². The van der Waals surface area contributed by atoms with Crippen LogP contribution in [0.3, 0.4) is 0 Å². The van der Waals surface area contributed by atoms with Gasteiger partial charge in [-0.15, -0.1) is 0 Å². The number of aromatic amines is 2. The van der Waals surface area contributed by atoms with Crippen molar-refractivity contribution >= 4 is 56.8 Å². The smallest absolute Gasteiger partial charge is 0.319 e. The quantitative estimate of drug-likeness (QED) is 0.187. The lowest BCUT2D eigenvalue weighted by atomic mass is 9.87.